The summed E-state index contributed by atoms with van der Waals surface area (Å²) in [5.41, 5.74) is 1.94. The zero-order valence-corrected chi connectivity index (χ0v) is 14.4. The van der Waals surface area contributed by atoms with E-state index in [1.165, 1.54) is 19.2 Å². The van der Waals surface area contributed by atoms with E-state index in [1.54, 1.807) is 24.7 Å². The first-order chi connectivity index (χ1) is 12.7. The topological polar surface area (TPSA) is 76.9 Å². The normalized spacial score (nSPS) is 16.3. The quantitative estimate of drug-likeness (QED) is 0.717. The van der Waals surface area contributed by atoms with Crippen molar-refractivity contribution in [3.8, 4) is 17.5 Å². The Labute approximate surface area is 150 Å². The lowest BCUT2D eigenvalue weighted by molar-refractivity contribution is 0.393. The molecule has 0 radical (unpaired) electrons. The molecule has 0 aromatic carbocycles. The third-order valence-electron chi connectivity index (χ3n) is 4.43. The monoisotopic (exact) mass is 352 g/mol. The van der Waals surface area contributed by atoms with Gasteiger partial charge in [0.05, 0.1) is 18.8 Å². The molecule has 0 amide bonds. The third-order valence-corrected chi connectivity index (χ3v) is 4.43. The van der Waals surface area contributed by atoms with Gasteiger partial charge in [-0.1, -0.05) is 0 Å². The van der Waals surface area contributed by atoms with Crippen molar-refractivity contribution >= 4 is 5.82 Å². The maximum Gasteiger partial charge on any atom is 0.217 e. The summed E-state index contributed by atoms with van der Waals surface area (Å²) < 4.78 is 18.9. The summed E-state index contributed by atoms with van der Waals surface area (Å²) in [5.74, 6) is 1.43. The van der Waals surface area contributed by atoms with Crippen LogP contribution in [-0.4, -0.2) is 38.6 Å². The molecular formula is C18H17FN6O. The molecule has 4 heterocycles. The van der Waals surface area contributed by atoms with Gasteiger partial charge in [0.15, 0.2) is 11.6 Å². The van der Waals surface area contributed by atoms with Gasteiger partial charge in [-0.15, -0.1) is 0 Å². The van der Waals surface area contributed by atoms with Crippen LogP contribution in [0.3, 0.4) is 0 Å². The van der Waals surface area contributed by atoms with Crippen molar-refractivity contribution in [2.24, 2.45) is 0 Å². The van der Waals surface area contributed by atoms with Gasteiger partial charge < -0.3 is 9.64 Å². The van der Waals surface area contributed by atoms with Crippen LogP contribution in [0.4, 0.5) is 10.2 Å². The molecule has 26 heavy (non-hydrogen) atoms. The second kappa shape index (κ2) is 6.62. The predicted molar refractivity (Wildman–Crippen MR) is 93.3 cm³/mol. The smallest absolute Gasteiger partial charge is 0.217 e. The highest BCUT2D eigenvalue weighted by atomic mass is 19.1. The minimum Gasteiger partial charge on any atom is -0.481 e. The summed E-state index contributed by atoms with van der Waals surface area (Å²) in [7, 11) is 1.47. The number of anilines is 1. The Morgan fingerprint density at radius 1 is 1.12 bits per heavy atom. The van der Waals surface area contributed by atoms with Crippen molar-refractivity contribution in [2.75, 3.05) is 18.6 Å². The highest BCUT2D eigenvalue weighted by Gasteiger charge is 2.27. The Morgan fingerprint density at radius 2 is 1.92 bits per heavy atom. The molecule has 132 valence electrons. The average Bonchev–Trinajstić information content (AvgIpc) is 2.68. The third kappa shape index (κ3) is 2.94. The van der Waals surface area contributed by atoms with E-state index in [0.717, 1.165) is 11.3 Å². The lowest BCUT2D eigenvalue weighted by Crippen LogP contribution is -2.35. The Balaban J connectivity index is 1.67. The largest absolute Gasteiger partial charge is 0.481 e. The van der Waals surface area contributed by atoms with E-state index < -0.39 is 0 Å². The van der Waals surface area contributed by atoms with Crippen molar-refractivity contribution in [1.82, 2.24) is 24.9 Å². The highest BCUT2D eigenvalue weighted by molar-refractivity contribution is 5.49. The summed E-state index contributed by atoms with van der Waals surface area (Å²) in [6.07, 6.45) is 5.82. The van der Waals surface area contributed by atoms with E-state index in [-0.39, 0.29) is 17.7 Å². The molecule has 0 saturated heterocycles. The molecule has 3 aromatic rings. The molecule has 4 rings (SSSR count). The molecule has 0 aliphatic carbocycles. The molecule has 1 aliphatic rings. The van der Waals surface area contributed by atoms with Crippen LogP contribution in [0.5, 0.6) is 5.88 Å². The molecular weight excluding hydrogens is 335 g/mol. The summed E-state index contributed by atoms with van der Waals surface area (Å²) in [6.45, 7) is 2.69. The molecule has 3 aromatic heterocycles. The number of ether oxygens (including phenoxy) is 1. The first kappa shape index (κ1) is 16.3. The fourth-order valence-corrected chi connectivity index (χ4v) is 3.11. The summed E-state index contributed by atoms with van der Waals surface area (Å²) >= 11 is 0. The zero-order valence-electron chi connectivity index (χ0n) is 14.4. The van der Waals surface area contributed by atoms with Crippen molar-refractivity contribution < 1.29 is 9.13 Å². The number of aromatic nitrogens is 5. The maximum absolute atomic E-state index is 13.8. The Bertz CT molecular complexity index is 936. The molecule has 1 atom stereocenters. The van der Waals surface area contributed by atoms with E-state index in [1.807, 2.05) is 11.8 Å². The fraction of sp³-hybridized carbons (Fsp3) is 0.278. The van der Waals surface area contributed by atoms with Crippen LogP contribution in [0.25, 0.3) is 11.6 Å². The minimum atomic E-state index is -0.377. The van der Waals surface area contributed by atoms with Gasteiger partial charge in [0.2, 0.25) is 5.88 Å². The number of fused-ring (bicyclic) bond motifs is 1. The lowest BCUT2D eigenvalue weighted by Gasteiger charge is -2.35. The molecule has 0 saturated carbocycles. The van der Waals surface area contributed by atoms with Gasteiger partial charge in [0, 0.05) is 49.3 Å². The summed E-state index contributed by atoms with van der Waals surface area (Å²) in [6, 6.07) is 4.39. The number of pyridine rings is 1. The Hall–Kier alpha value is -3.16. The van der Waals surface area contributed by atoms with Crippen LogP contribution in [0.1, 0.15) is 24.2 Å². The Morgan fingerprint density at radius 3 is 2.69 bits per heavy atom. The molecule has 8 heteroatoms. The van der Waals surface area contributed by atoms with E-state index in [9.17, 15) is 4.39 Å². The molecule has 0 spiro atoms. The molecule has 7 nitrogen and oxygen atoms in total. The molecule has 0 fully saturated rings. The molecule has 0 bridgehead atoms. The van der Waals surface area contributed by atoms with Gasteiger partial charge >= 0.3 is 0 Å². The van der Waals surface area contributed by atoms with E-state index in [4.69, 9.17) is 4.74 Å². The summed E-state index contributed by atoms with van der Waals surface area (Å²) in [5, 5.41) is 0. The standard InChI is InChI=1S/C18H17FN6O/c1-11-13-10-22-18(17-20-5-3-6-21-17)23-14(13)4-7-25(11)15-8-12(19)9-16(24-15)26-2/h3,5-6,8-11H,4,7H2,1-2H3. The van der Waals surface area contributed by atoms with Crippen LogP contribution in [-0.2, 0) is 6.42 Å². The van der Waals surface area contributed by atoms with Gasteiger partial charge in [0.25, 0.3) is 0 Å². The first-order valence-electron chi connectivity index (χ1n) is 8.27. The number of rotatable bonds is 3. The maximum atomic E-state index is 13.8. The van der Waals surface area contributed by atoms with Crippen molar-refractivity contribution in [1.29, 1.82) is 0 Å². The highest BCUT2D eigenvalue weighted by Crippen LogP contribution is 2.33. The Kier molecular flexibility index (Phi) is 4.16. The van der Waals surface area contributed by atoms with Crippen molar-refractivity contribution in [3.05, 3.63) is 53.9 Å². The zero-order chi connectivity index (χ0) is 18.1. The van der Waals surface area contributed by atoms with Crippen molar-refractivity contribution in [3.63, 3.8) is 0 Å². The molecule has 0 N–H and O–H groups in total. The summed E-state index contributed by atoms with van der Waals surface area (Å²) in [4.78, 5) is 23.8. The van der Waals surface area contributed by atoms with E-state index in [2.05, 4.69) is 24.9 Å². The average molecular weight is 352 g/mol. The van der Waals surface area contributed by atoms with Crippen LogP contribution in [0.2, 0.25) is 0 Å². The van der Waals surface area contributed by atoms with Gasteiger partial charge in [-0.3, -0.25) is 0 Å². The van der Waals surface area contributed by atoms with Gasteiger partial charge in [-0.05, 0) is 13.0 Å². The van der Waals surface area contributed by atoms with E-state index in [0.29, 0.717) is 30.4 Å². The number of halogens is 1. The van der Waals surface area contributed by atoms with Crippen LogP contribution in [0.15, 0.2) is 36.8 Å². The SMILES string of the molecule is COc1cc(F)cc(N2CCc3nc(-c4ncccn4)ncc3C2C)n1. The van der Waals surface area contributed by atoms with E-state index >= 15 is 0 Å². The number of methoxy groups -OCH3 is 1. The number of nitrogens with zero attached hydrogens (tertiary/aromatic N) is 6. The molecule has 1 aliphatic heterocycles. The number of hydrogen-bond donors (Lipinski definition) is 0. The molecule has 1 unspecified atom stereocenters. The van der Waals surface area contributed by atoms with Gasteiger partial charge in [-0.2, -0.15) is 4.98 Å². The number of hydrogen-bond acceptors (Lipinski definition) is 7. The lowest BCUT2D eigenvalue weighted by atomic mass is 9.99. The predicted octanol–water partition coefficient (Wildman–Crippen LogP) is 2.60. The van der Waals surface area contributed by atoms with Gasteiger partial charge in [0.1, 0.15) is 11.6 Å². The first-order valence-corrected chi connectivity index (χ1v) is 8.27. The van der Waals surface area contributed by atoms with Crippen LogP contribution in [0, 0.1) is 5.82 Å². The van der Waals surface area contributed by atoms with Crippen LogP contribution >= 0.6 is 0 Å². The van der Waals surface area contributed by atoms with Crippen LogP contribution < -0.4 is 9.64 Å². The van der Waals surface area contributed by atoms with Gasteiger partial charge in [-0.25, -0.2) is 24.3 Å². The van der Waals surface area contributed by atoms with Crippen molar-refractivity contribution in [2.45, 2.75) is 19.4 Å². The fourth-order valence-electron chi connectivity index (χ4n) is 3.11. The second-order valence-corrected chi connectivity index (χ2v) is 5.97. The second-order valence-electron chi connectivity index (χ2n) is 5.97. The minimum absolute atomic E-state index is 0.0384.